The maximum atomic E-state index is 5.26. The van der Waals surface area contributed by atoms with Crippen molar-refractivity contribution in [1.82, 2.24) is 20.0 Å². The Labute approximate surface area is 118 Å². The molecule has 0 spiro atoms. The van der Waals surface area contributed by atoms with Crippen LogP contribution in [0.3, 0.4) is 0 Å². The van der Waals surface area contributed by atoms with Crippen LogP contribution in [0.15, 0.2) is 28.9 Å². The number of hydrogen-bond donors (Lipinski definition) is 0. The van der Waals surface area contributed by atoms with Gasteiger partial charge < -0.3 is 9.42 Å². The molecule has 1 atom stereocenters. The fourth-order valence-electron chi connectivity index (χ4n) is 2.52. The van der Waals surface area contributed by atoms with Crippen molar-refractivity contribution in [2.75, 3.05) is 31.1 Å². The highest BCUT2D eigenvalue weighted by Crippen LogP contribution is 2.21. The van der Waals surface area contributed by atoms with Crippen molar-refractivity contribution in [3.8, 4) is 0 Å². The molecular formula is C14H19N5O. The van der Waals surface area contributed by atoms with Crippen LogP contribution in [0.25, 0.3) is 0 Å². The van der Waals surface area contributed by atoms with Crippen molar-refractivity contribution >= 4 is 5.82 Å². The highest BCUT2D eigenvalue weighted by Gasteiger charge is 2.25. The van der Waals surface area contributed by atoms with E-state index in [9.17, 15) is 0 Å². The van der Waals surface area contributed by atoms with Crippen LogP contribution in [0.1, 0.15) is 24.7 Å². The van der Waals surface area contributed by atoms with Gasteiger partial charge in [-0.1, -0.05) is 11.2 Å². The summed E-state index contributed by atoms with van der Waals surface area (Å²) in [6.07, 6.45) is 1.84. The maximum Gasteiger partial charge on any atom is 0.243 e. The monoisotopic (exact) mass is 273 g/mol. The molecule has 0 aromatic carbocycles. The molecule has 1 fully saturated rings. The lowest BCUT2D eigenvalue weighted by Gasteiger charge is -2.37. The van der Waals surface area contributed by atoms with Crippen LogP contribution in [0.2, 0.25) is 0 Å². The first kappa shape index (κ1) is 13.1. The zero-order chi connectivity index (χ0) is 13.9. The van der Waals surface area contributed by atoms with Crippen LogP contribution in [-0.2, 0) is 0 Å². The smallest absolute Gasteiger partial charge is 0.243 e. The zero-order valence-electron chi connectivity index (χ0n) is 11.9. The highest BCUT2D eigenvalue weighted by atomic mass is 16.5. The van der Waals surface area contributed by atoms with E-state index in [0.717, 1.165) is 32.0 Å². The molecule has 3 heterocycles. The van der Waals surface area contributed by atoms with Gasteiger partial charge in [-0.05, 0) is 26.0 Å². The van der Waals surface area contributed by atoms with E-state index < -0.39 is 0 Å². The first-order valence-electron chi connectivity index (χ1n) is 6.94. The van der Waals surface area contributed by atoms with Crippen molar-refractivity contribution in [3.05, 3.63) is 36.1 Å². The Morgan fingerprint density at radius 1 is 1.20 bits per heavy atom. The highest BCUT2D eigenvalue weighted by molar-refractivity contribution is 5.38. The van der Waals surface area contributed by atoms with Gasteiger partial charge in [0, 0.05) is 32.4 Å². The number of piperazine rings is 1. The third-order valence-corrected chi connectivity index (χ3v) is 3.74. The van der Waals surface area contributed by atoms with Gasteiger partial charge in [0.25, 0.3) is 0 Å². The second-order valence-electron chi connectivity index (χ2n) is 5.07. The maximum absolute atomic E-state index is 5.26. The average molecular weight is 273 g/mol. The van der Waals surface area contributed by atoms with Gasteiger partial charge in [0.05, 0.1) is 6.04 Å². The molecule has 0 N–H and O–H groups in total. The molecule has 3 rings (SSSR count). The van der Waals surface area contributed by atoms with Crippen molar-refractivity contribution < 1.29 is 4.52 Å². The number of nitrogens with zero attached hydrogens (tertiary/aromatic N) is 5. The molecule has 2 aromatic rings. The second kappa shape index (κ2) is 5.58. The van der Waals surface area contributed by atoms with E-state index in [0.29, 0.717) is 11.7 Å². The van der Waals surface area contributed by atoms with Gasteiger partial charge in [0.2, 0.25) is 5.89 Å². The third kappa shape index (κ3) is 2.65. The molecule has 1 unspecified atom stereocenters. The molecule has 1 saturated heterocycles. The molecule has 0 aliphatic carbocycles. The number of aryl methyl sites for hydroxylation is 1. The first-order valence-corrected chi connectivity index (χ1v) is 6.94. The minimum absolute atomic E-state index is 0.169. The molecule has 0 amide bonds. The van der Waals surface area contributed by atoms with Gasteiger partial charge >= 0.3 is 0 Å². The van der Waals surface area contributed by atoms with Crippen LogP contribution in [0, 0.1) is 6.92 Å². The van der Waals surface area contributed by atoms with E-state index >= 15 is 0 Å². The van der Waals surface area contributed by atoms with E-state index in [1.807, 2.05) is 25.3 Å². The molecule has 1 aliphatic heterocycles. The standard InChI is InChI=1S/C14H19N5O/c1-11(14-16-12(2)17-20-14)18-7-9-19(10-8-18)13-5-3-4-6-15-13/h3-6,11H,7-10H2,1-2H3. The van der Waals surface area contributed by atoms with Crippen LogP contribution in [-0.4, -0.2) is 46.2 Å². The summed E-state index contributed by atoms with van der Waals surface area (Å²) in [5.41, 5.74) is 0. The van der Waals surface area contributed by atoms with Gasteiger partial charge in [-0.2, -0.15) is 4.98 Å². The topological polar surface area (TPSA) is 58.3 Å². The van der Waals surface area contributed by atoms with Gasteiger partial charge in [-0.3, -0.25) is 4.90 Å². The van der Waals surface area contributed by atoms with Crippen LogP contribution in [0.5, 0.6) is 0 Å². The number of pyridine rings is 1. The minimum atomic E-state index is 0.169. The fourth-order valence-corrected chi connectivity index (χ4v) is 2.52. The van der Waals surface area contributed by atoms with Crippen molar-refractivity contribution in [3.63, 3.8) is 0 Å². The van der Waals surface area contributed by atoms with Gasteiger partial charge in [0.15, 0.2) is 5.82 Å². The SMILES string of the molecule is Cc1noc(C(C)N2CCN(c3ccccn3)CC2)n1. The fraction of sp³-hybridized carbons (Fsp3) is 0.500. The van der Waals surface area contributed by atoms with Gasteiger partial charge in [0.1, 0.15) is 5.82 Å². The molecule has 6 heteroatoms. The Hall–Kier alpha value is -1.95. The summed E-state index contributed by atoms with van der Waals surface area (Å²) in [6, 6.07) is 6.20. The van der Waals surface area contributed by atoms with Crippen LogP contribution >= 0.6 is 0 Å². The van der Waals surface area contributed by atoms with E-state index in [1.54, 1.807) is 0 Å². The van der Waals surface area contributed by atoms with Crippen LogP contribution < -0.4 is 4.90 Å². The summed E-state index contributed by atoms with van der Waals surface area (Å²) in [5, 5.41) is 3.86. The lowest BCUT2D eigenvalue weighted by molar-refractivity contribution is 0.164. The Bertz CT molecular complexity index is 548. The molecule has 0 saturated carbocycles. The average Bonchev–Trinajstić information content (AvgIpc) is 2.94. The number of aromatic nitrogens is 3. The first-order chi connectivity index (χ1) is 9.74. The Kier molecular flexibility index (Phi) is 3.64. The van der Waals surface area contributed by atoms with Crippen molar-refractivity contribution in [1.29, 1.82) is 0 Å². The summed E-state index contributed by atoms with van der Waals surface area (Å²) >= 11 is 0. The van der Waals surface area contributed by atoms with Crippen molar-refractivity contribution in [2.45, 2.75) is 19.9 Å². The largest absolute Gasteiger partial charge is 0.354 e. The number of hydrogen-bond acceptors (Lipinski definition) is 6. The van der Waals surface area contributed by atoms with E-state index in [-0.39, 0.29) is 6.04 Å². The van der Waals surface area contributed by atoms with E-state index in [2.05, 4.69) is 37.9 Å². The molecule has 20 heavy (non-hydrogen) atoms. The van der Waals surface area contributed by atoms with Gasteiger partial charge in [-0.25, -0.2) is 4.98 Å². The summed E-state index contributed by atoms with van der Waals surface area (Å²) < 4.78 is 5.26. The molecule has 2 aromatic heterocycles. The Balaban J connectivity index is 1.61. The Morgan fingerprint density at radius 3 is 2.60 bits per heavy atom. The van der Waals surface area contributed by atoms with Gasteiger partial charge in [-0.15, -0.1) is 0 Å². The Morgan fingerprint density at radius 2 is 2.00 bits per heavy atom. The van der Waals surface area contributed by atoms with E-state index in [4.69, 9.17) is 4.52 Å². The summed E-state index contributed by atoms with van der Waals surface area (Å²) in [5.74, 6) is 2.45. The predicted molar refractivity (Wildman–Crippen MR) is 75.5 cm³/mol. The summed E-state index contributed by atoms with van der Waals surface area (Å²) in [6.45, 7) is 7.84. The number of rotatable bonds is 3. The molecular weight excluding hydrogens is 254 g/mol. The predicted octanol–water partition coefficient (Wildman–Crippen LogP) is 1.66. The van der Waals surface area contributed by atoms with Crippen LogP contribution in [0.4, 0.5) is 5.82 Å². The van der Waals surface area contributed by atoms with Crippen molar-refractivity contribution in [2.24, 2.45) is 0 Å². The molecule has 1 aliphatic rings. The lowest BCUT2D eigenvalue weighted by atomic mass is 10.2. The molecule has 106 valence electrons. The second-order valence-corrected chi connectivity index (χ2v) is 5.07. The molecule has 6 nitrogen and oxygen atoms in total. The zero-order valence-corrected chi connectivity index (χ0v) is 11.9. The minimum Gasteiger partial charge on any atom is -0.354 e. The molecule has 0 radical (unpaired) electrons. The summed E-state index contributed by atoms with van der Waals surface area (Å²) in [4.78, 5) is 13.4. The lowest BCUT2D eigenvalue weighted by Crippen LogP contribution is -2.47. The summed E-state index contributed by atoms with van der Waals surface area (Å²) in [7, 11) is 0. The molecule has 0 bridgehead atoms. The number of anilines is 1. The quantitative estimate of drug-likeness (QED) is 0.847. The third-order valence-electron chi connectivity index (χ3n) is 3.74. The van der Waals surface area contributed by atoms with E-state index in [1.165, 1.54) is 0 Å². The normalized spacial score (nSPS) is 18.2.